The van der Waals surface area contributed by atoms with Crippen LogP contribution in [-0.2, 0) is 0 Å². The molecule has 0 saturated carbocycles. The van der Waals surface area contributed by atoms with Crippen LogP contribution in [0.5, 0.6) is 0 Å². The molecule has 0 unspecified atom stereocenters. The van der Waals surface area contributed by atoms with Crippen molar-refractivity contribution in [3.63, 3.8) is 0 Å². The van der Waals surface area contributed by atoms with Gasteiger partial charge in [0.05, 0.1) is 0 Å². The van der Waals surface area contributed by atoms with Gasteiger partial charge in [-0.1, -0.05) is 0 Å². The summed E-state index contributed by atoms with van der Waals surface area (Å²) in [6.07, 6.45) is 4.24. The van der Waals surface area contributed by atoms with E-state index in [4.69, 9.17) is 0 Å². The Balaban J connectivity index is 2.06. The Kier molecular flexibility index (Phi) is 4.29. The fraction of sp³-hybridized carbons (Fsp3) is 0.417. The van der Waals surface area contributed by atoms with E-state index in [1.54, 1.807) is 6.20 Å². The molecule has 5 heteroatoms. The molecule has 0 N–H and O–H groups in total. The normalized spacial score (nSPS) is 17.6. The van der Waals surface area contributed by atoms with Crippen LogP contribution in [0.3, 0.4) is 0 Å². The molecule has 1 saturated heterocycles. The summed E-state index contributed by atoms with van der Waals surface area (Å²) in [7, 11) is 0. The van der Waals surface area contributed by atoms with Crippen LogP contribution in [0, 0.1) is 0 Å². The van der Waals surface area contributed by atoms with Crippen LogP contribution in [0.15, 0.2) is 34.6 Å². The zero-order valence-corrected chi connectivity index (χ0v) is 11.5. The van der Waals surface area contributed by atoms with Gasteiger partial charge in [-0.05, 0) is 0 Å². The first-order valence-electron chi connectivity index (χ1n) is 5.73. The number of pyridine rings is 1. The number of likely N-dealkylation sites (tertiary alicyclic amines) is 1. The summed E-state index contributed by atoms with van der Waals surface area (Å²) in [6.45, 7) is 4.07. The van der Waals surface area contributed by atoms with Crippen molar-refractivity contribution in [2.45, 2.75) is 19.8 Å². The van der Waals surface area contributed by atoms with Gasteiger partial charge in [0.2, 0.25) is 0 Å². The van der Waals surface area contributed by atoms with Gasteiger partial charge in [0.25, 0.3) is 0 Å². The fourth-order valence-corrected chi connectivity index (χ4v) is 2.19. The minimum absolute atomic E-state index is 0.831. The number of aromatic nitrogens is 1. The molecule has 1 radical (unpaired) electrons. The molecule has 1 aliphatic rings. The Labute approximate surface area is 110 Å². The molecule has 0 atom stereocenters. The molecule has 17 heavy (non-hydrogen) atoms. The summed E-state index contributed by atoms with van der Waals surface area (Å²) >= 11 is 2.97. The summed E-state index contributed by atoms with van der Waals surface area (Å²) in [5.74, 6) is 0. The van der Waals surface area contributed by atoms with E-state index in [9.17, 15) is 0 Å². The van der Waals surface area contributed by atoms with Crippen LogP contribution in [0.2, 0.25) is 0 Å². The monoisotopic (exact) mass is 295 g/mol. The van der Waals surface area contributed by atoms with E-state index in [1.807, 2.05) is 25.1 Å². The topological polar surface area (TPSA) is 40.9 Å². The molecule has 4 nitrogen and oxygen atoms in total. The van der Waals surface area contributed by atoms with Crippen LogP contribution in [0.25, 0.3) is 0 Å². The van der Waals surface area contributed by atoms with Gasteiger partial charge in [0.15, 0.2) is 0 Å². The number of hydrogen-bond acceptors (Lipinski definition) is 3. The fourth-order valence-electron chi connectivity index (χ4n) is 1.72. The van der Waals surface area contributed by atoms with E-state index < -0.39 is 0 Å². The molecular formula is C12H15N4Se. The third-order valence-corrected chi connectivity index (χ3v) is 3.41. The molecular weight excluding hydrogens is 279 g/mol. The zero-order chi connectivity index (χ0) is 12.1. The van der Waals surface area contributed by atoms with Crippen molar-refractivity contribution in [2.24, 2.45) is 10.2 Å². The van der Waals surface area contributed by atoms with E-state index in [0.29, 0.717) is 0 Å². The molecule has 1 fully saturated rings. The Morgan fingerprint density at radius 2 is 2.06 bits per heavy atom. The van der Waals surface area contributed by atoms with Gasteiger partial charge in [-0.15, -0.1) is 0 Å². The Morgan fingerprint density at radius 3 is 2.71 bits per heavy atom. The molecule has 1 aromatic heterocycles. The second kappa shape index (κ2) is 5.94. The maximum atomic E-state index is 4.23. The van der Waals surface area contributed by atoms with Crippen LogP contribution >= 0.6 is 0 Å². The maximum absolute atomic E-state index is 4.23. The van der Waals surface area contributed by atoms with Crippen LogP contribution in [-0.4, -0.2) is 49.4 Å². The molecule has 2 rings (SSSR count). The van der Waals surface area contributed by atoms with Crippen LogP contribution in [0.4, 0.5) is 0 Å². The van der Waals surface area contributed by atoms with Gasteiger partial charge >= 0.3 is 109 Å². The second-order valence-corrected chi connectivity index (χ2v) is 4.74. The van der Waals surface area contributed by atoms with Gasteiger partial charge in [0.1, 0.15) is 0 Å². The first-order valence-corrected chi connectivity index (χ1v) is 6.58. The van der Waals surface area contributed by atoms with Gasteiger partial charge in [-0.3, -0.25) is 0 Å². The molecule has 1 aromatic rings. The molecule has 1 aliphatic heterocycles. The van der Waals surface area contributed by atoms with Crippen LogP contribution < -0.4 is 0 Å². The molecule has 2 heterocycles. The van der Waals surface area contributed by atoms with E-state index in [0.717, 1.165) is 29.2 Å². The first kappa shape index (κ1) is 12.3. The zero-order valence-electron chi connectivity index (χ0n) is 9.83. The summed E-state index contributed by atoms with van der Waals surface area (Å²) in [5.41, 5.74) is 1.70. The SMILES string of the molecule is CC(=NN=C([Se])N1CCCC1)c1ccccn1. The first-order chi connectivity index (χ1) is 8.27. The van der Waals surface area contributed by atoms with Crippen molar-refractivity contribution in [1.29, 1.82) is 0 Å². The van der Waals surface area contributed by atoms with E-state index >= 15 is 0 Å². The van der Waals surface area contributed by atoms with Gasteiger partial charge in [-0.2, -0.15) is 0 Å². The van der Waals surface area contributed by atoms with Crippen molar-refractivity contribution in [3.05, 3.63) is 30.1 Å². The van der Waals surface area contributed by atoms with Crippen molar-refractivity contribution in [2.75, 3.05) is 13.1 Å². The van der Waals surface area contributed by atoms with E-state index in [-0.39, 0.29) is 0 Å². The quantitative estimate of drug-likeness (QED) is 0.358. The van der Waals surface area contributed by atoms with Crippen LogP contribution in [0.1, 0.15) is 25.5 Å². The second-order valence-electron chi connectivity index (χ2n) is 3.98. The molecule has 0 amide bonds. The van der Waals surface area contributed by atoms with Gasteiger partial charge in [-0.25, -0.2) is 0 Å². The Morgan fingerprint density at radius 1 is 1.29 bits per heavy atom. The predicted molar refractivity (Wildman–Crippen MR) is 70.4 cm³/mol. The molecule has 89 valence electrons. The van der Waals surface area contributed by atoms with Crippen molar-refractivity contribution < 1.29 is 0 Å². The third kappa shape index (κ3) is 3.38. The number of rotatable bonds is 2. The molecule has 0 aliphatic carbocycles. The standard InChI is InChI=1S/C12H15N4Se/c1-10(11-6-2-3-7-13-11)14-15-12(17)16-8-4-5-9-16/h2-3,6-7H,4-5,8-9H2,1H3. The summed E-state index contributed by atoms with van der Waals surface area (Å²) in [5, 5.41) is 8.43. The van der Waals surface area contributed by atoms with Crippen molar-refractivity contribution in [3.8, 4) is 0 Å². The average Bonchev–Trinajstić information content (AvgIpc) is 2.90. The number of amidine groups is 1. The third-order valence-electron chi connectivity index (χ3n) is 2.70. The van der Waals surface area contributed by atoms with Gasteiger partial charge < -0.3 is 0 Å². The van der Waals surface area contributed by atoms with E-state index in [1.165, 1.54) is 12.8 Å². The summed E-state index contributed by atoms with van der Waals surface area (Å²) in [4.78, 5) is 6.45. The summed E-state index contributed by atoms with van der Waals surface area (Å²) < 4.78 is 0.873. The molecule has 0 bridgehead atoms. The number of nitrogens with zero attached hydrogens (tertiary/aromatic N) is 4. The van der Waals surface area contributed by atoms with Gasteiger partial charge in [0, 0.05) is 0 Å². The molecule has 0 aromatic carbocycles. The Hall–Kier alpha value is -1.19. The minimum atomic E-state index is 0.831. The van der Waals surface area contributed by atoms with Crippen molar-refractivity contribution >= 4 is 26.5 Å². The predicted octanol–water partition coefficient (Wildman–Crippen LogP) is 1.43. The van der Waals surface area contributed by atoms with Crippen molar-refractivity contribution in [1.82, 2.24) is 9.88 Å². The Bertz CT molecular complexity index is 421. The summed E-state index contributed by atoms with van der Waals surface area (Å²) in [6, 6.07) is 5.77. The molecule has 0 spiro atoms. The average molecular weight is 294 g/mol. The number of hydrogen-bond donors (Lipinski definition) is 0. The van der Waals surface area contributed by atoms with E-state index in [2.05, 4.69) is 36.1 Å².